The average molecular weight is 557 g/mol. The van der Waals surface area contributed by atoms with Crippen molar-refractivity contribution in [1.82, 2.24) is 15.0 Å². The van der Waals surface area contributed by atoms with E-state index in [0.717, 1.165) is 39.2 Å². The van der Waals surface area contributed by atoms with E-state index in [1.807, 2.05) is 46.0 Å². The van der Waals surface area contributed by atoms with Crippen LogP contribution in [0.2, 0.25) is 0 Å². The van der Waals surface area contributed by atoms with Crippen LogP contribution in [0.15, 0.2) is 66.9 Å². The molecule has 9 heteroatoms. The lowest BCUT2D eigenvalue weighted by molar-refractivity contribution is -0.153. The van der Waals surface area contributed by atoms with Gasteiger partial charge in [0, 0.05) is 31.0 Å². The molecule has 1 N–H and O–H groups in total. The first kappa shape index (κ1) is 28.1. The van der Waals surface area contributed by atoms with Crippen LogP contribution < -0.4 is 15.0 Å². The average Bonchev–Trinajstić information content (AvgIpc) is 3.39. The smallest absolute Gasteiger partial charge is 0.310 e. The van der Waals surface area contributed by atoms with Crippen molar-refractivity contribution in [3.8, 4) is 16.9 Å². The number of benzene rings is 3. The number of carbonyl (C=O) groups excluding carboxylic acids is 1. The normalized spacial score (nSPS) is 14.3. The maximum Gasteiger partial charge on any atom is 0.310 e. The summed E-state index contributed by atoms with van der Waals surface area (Å²) in [7, 11) is 4.01. The van der Waals surface area contributed by atoms with Crippen LogP contribution in [-0.2, 0) is 29.1 Å². The van der Waals surface area contributed by atoms with Crippen molar-refractivity contribution in [2.24, 2.45) is 0 Å². The number of ether oxygens (including phenoxy) is 2. The zero-order valence-corrected chi connectivity index (χ0v) is 24.1. The Morgan fingerprint density at radius 2 is 1.80 bits per heavy atom. The van der Waals surface area contributed by atoms with Crippen LogP contribution in [0, 0.1) is 0 Å². The number of nitrogens with one attached hydrogen (secondary N) is 1. The largest absolute Gasteiger partial charge is 0.487 e. The summed E-state index contributed by atoms with van der Waals surface area (Å²) in [5, 5.41) is 11.2. The van der Waals surface area contributed by atoms with Gasteiger partial charge in [-0.2, -0.15) is 0 Å². The zero-order valence-electron chi connectivity index (χ0n) is 24.1. The van der Waals surface area contributed by atoms with Gasteiger partial charge in [-0.15, -0.1) is 5.10 Å². The Hall–Kier alpha value is -4.40. The van der Waals surface area contributed by atoms with Crippen molar-refractivity contribution >= 4 is 17.3 Å². The van der Waals surface area contributed by atoms with Crippen LogP contribution in [0.25, 0.3) is 11.1 Å². The van der Waals surface area contributed by atoms with Gasteiger partial charge >= 0.3 is 5.97 Å². The number of hydrogen-bond acceptors (Lipinski definition) is 7. The summed E-state index contributed by atoms with van der Waals surface area (Å²) in [6.45, 7) is 5.56. The third kappa shape index (κ3) is 6.34. The summed E-state index contributed by atoms with van der Waals surface area (Å²) in [6, 6.07) is 20.6. The number of aryl methyl sites for hydroxylation is 1. The topological polar surface area (TPSA) is 81.5 Å². The number of hydrogen-bond donors (Lipinski definition) is 1. The quantitative estimate of drug-likeness (QED) is 0.255. The second kappa shape index (κ2) is 11.6. The molecule has 2 heterocycles. The molecule has 0 amide bonds. The number of esters is 1. The highest BCUT2D eigenvalue weighted by Crippen LogP contribution is 2.47. The van der Waals surface area contributed by atoms with Crippen LogP contribution in [0.1, 0.15) is 49.2 Å². The number of aromatic nitrogens is 3. The van der Waals surface area contributed by atoms with E-state index in [1.54, 1.807) is 6.20 Å². The number of rotatable bonds is 9. The van der Waals surface area contributed by atoms with E-state index in [-0.39, 0.29) is 31.6 Å². The minimum absolute atomic E-state index is 0.0853. The van der Waals surface area contributed by atoms with Gasteiger partial charge < -0.3 is 19.7 Å². The second-order valence-corrected chi connectivity index (χ2v) is 11.2. The Labute approximate surface area is 240 Å². The fourth-order valence-electron chi connectivity index (χ4n) is 5.20. The first-order valence-electron chi connectivity index (χ1n) is 13.7. The van der Waals surface area contributed by atoms with Gasteiger partial charge in [0.1, 0.15) is 30.3 Å². The van der Waals surface area contributed by atoms with Gasteiger partial charge in [-0.1, -0.05) is 41.6 Å². The molecule has 1 atom stereocenters. The van der Waals surface area contributed by atoms with Gasteiger partial charge in [0.05, 0.1) is 25.2 Å². The fourth-order valence-corrected chi connectivity index (χ4v) is 5.20. The van der Waals surface area contributed by atoms with Crippen LogP contribution in [0.4, 0.5) is 15.8 Å². The van der Waals surface area contributed by atoms with Gasteiger partial charge in [0.25, 0.3) is 0 Å². The molecule has 5 rings (SSSR count). The fraction of sp³-hybridized carbons (Fsp3) is 0.344. The monoisotopic (exact) mass is 556 g/mol. The molecule has 1 aromatic heterocycles. The third-order valence-electron chi connectivity index (χ3n) is 7.01. The highest BCUT2D eigenvalue weighted by molar-refractivity contribution is 5.88. The molecule has 0 bridgehead atoms. The second-order valence-electron chi connectivity index (χ2n) is 11.2. The molecule has 0 fully saturated rings. The van der Waals surface area contributed by atoms with E-state index in [1.165, 1.54) is 4.68 Å². The molecule has 214 valence electrons. The molecule has 8 nitrogen and oxygen atoms in total. The summed E-state index contributed by atoms with van der Waals surface area (Å²) in [4.78, 5) is 14.9. The lowest BCUT2D eigenvalue weighted by Crippen LogP contribution is -2.29. The van der Waals surface area contributed by atoms with Gasteiger partial charge in [0.15, 0.2) is 0 Å². The van der Waals surface area contributed by atoms with E-state index >= 15 is 0 Å². The zero-order chi connectivity index (χ0) is 29.1. The number of carbonyl (C=O) groups is 1. The van der Waals surface area contributed by atoms with E-state index < -0.39 is 12.3 Å². The molecule has 0 saturated carbocycles. The predicted octanol–water partition coefficient (Wildman–Crippen LogP) is 5.96. The van der Waals surface area contributed by atoms with Gasteiger partial charge in [-0.3, -0.25) is 4.79 Å². The van der Waals surface area contributed by atoms with Gasteiger partial charge in [-0.25, -0.2) is 9.07 Å². The Morgan fingerprint density at radius 3 is 2.51 bits per heavy atom. The minimum atomic E-state index is -0.535. The lowest BCUT2D eigenvalue weighted by atomic mass is 9.84. The maximum absolute atomic E-state index is 12.6. The number of anilines is 2. The van der Waals surface area contributed by atoms with E-state index in [4.69, 9.17) is 9.47 Å². The van der Waals surface area contributed by atoms with Crippen molar-refractivity contribution in [3.63, 3.8) is 0 Å². The SMILES string of the molecule is CNc1ccc2c(c1)N(C)C(c1ccc(OCc3cn(CC[18F])nn3)cc1)c1cc(CC(=O)OC(C)(C)C)ccc1-2. The molecule has 0 radical (unpaired) electrons. The molecule has 4 aromatic rings. The Morgan fingerprint density at radius 1 is 1.05 bits per heavy atom. The number of nitrogens with zero attached hydrogens (tertiary/aromatic N) is 4. The first-order valence-corrected chi connectivity index (χ1v) is 13.7. The van der Waals surface area contributed by atoms with E-state index in [9.17, 15) is 9.18 Å². The molecule has 1 aliphatic rings. The van der Waals surface area contributed by atoms with E-state index in [2.05, 4.69) is 70.0 Å². The summed E-state index contributed by atoms with van der Waals surface area (Å²) >= 11 is 0. The van der Waals surface area contributed by atoms with Crippen LogP contribution >= 0.6 is 0 Å². The standard InChI is InChI=1S/C32H36FN5O3/c1-32(2,3)41-30(39)17-21-6-12-26-27-13-9-23(34-4)18-29(27)37(5)31(28(26)16-21)22-7-10-25(11-8-22)40-20-24-19-38(15-14-33)36-35-24/h6-13,16,18-19,31,34H,14-15,17,20H2,1-5H3/i33-1. The van der Waals surface area contributed by atoms with Crippen molar-refractivity contribution in [1.29, 1.82) is 0 Å². The van der Waals surface area contributed by atoms with Crippen molar-refractivity contribution < 1.29 is 18.7 Å². The summed E-state index contributed by atoms with van der Waals surface area (Å²) < 4.78 is 25.5. The molecular formula is C32H36FN5O3. The highest BCUT2D eigenvalue weighted by atomic mass is 18.2. The van der Waals surface area contributed by atoms with Crippen LogP contribution in [0.5, 0.6) is 5.75 Å². The van der Waals surface area contributed by atoms with E-state index in [0.29, 0.717) is 11.4 Å². The Balaban J connectivity index is 1.44. The molecule has 1 aliphatic heterocycles. The lowest BCUT2D eigenvalue weighted by Gasteiger charge is -2.38. The molecule has 3 aromatic carbocycles. The molecule has 0 aliphatic carbocycles. The molecule has 1 unspecified atom stereocenters. The number of halogens is 1. The van der Waals surface area contributed by atoms with Crippen molar-refractivity contribution in [3.05, 3.63) is 89.2 Å². The summed E-state index contributed by atoms with van der Waals surface area (Å²) in [6.07, 6.45) is 1.89. The maximum atomic E-state index is 12.6. The summed E-state index contributed by atoms with van der Waals surface area (Å²) in [5.74, 6) is 0.451. The van der Waals surface area contributed by atoms with Crippen LogP contribution in [-0.4, -0.2) is 47.3 Å². The highest BCUT2D eigenvalue weighted by Gasteiger charge is 2.31. The Kier molecular flexibility index (Phi) is 7.97. The van der Waals surface area contributed by atoms with Crippen LogP contribution in [0.3, 0.4) is 0 Å². The number of fused-ring (bicyclic) bond motifs is 3. The predicted molar refractivity (Wildman–Crippen MR) is 158 cm³/mol. The van der Waals surface area contributed by atoms with Crippen molar-refractivity contribution in [2.45, 2.75) is 52.0 Å². The molecule has 0 spiro atoms. The molecular weight excluding hydrogens is 520 g/mol. The minimum Gasteiger partial charge on any atom is -0.487 e. The molecule has 0 saturated heterocycles. The van der Waals surface area contributed by atoms with Gasteiger partial charge in [0.2, 0.25) is 0 Å². The molecule has 41 heavy (non-hydrogen) atoms. The van der Waals surface area contributed by atoms with Gasteiger partial charge in [-0.05, 0) is 67.3 Å². The third-order valence-corrected chi connectivity index (χ3v) is 7.01. The van der Waals surface area contributed by atoms with Crippen molar-refractivity contribution in [2.75, 3.05) is 31.0 Å². The first-order chi connectivity index (χ1) is 19.6. The summed E-state index contributed by atoms with van der Waals surface area (Å²) in [5.41, 5.74) is 7.65. The number of alkyl halides is 1. The Bertz CT molecular complexity index is 1530.